The molecule has 0 amide bonds. The van der Waals surface area contributed by atoms with E-state index in [0.29, 0.717) is 5.92 Å². The van der Waals surface area contributed by atoms with Crippen LogP contribution in [-0.4, -0.2) is 90.3 Å². The fraction of sp³-hybridized carbons (Fsp3) is 0.941. The lowest BCUT2D eigenvalue weighted by Crippen LogP contribution is -2.48. The second-order valence-electron chi connectivity index (χ2n) is 6.62. The molecule has 2 fully saturated rings. The minimum absolute atomic E-state index is 0.227. The Morgan fingerprint density at radius 3 is 2.83 bits per heavy atom. The monoisotopic (exact) mass is 342 g/mol. The Morgan fingerprint density at radius 2 is 2.08 bits per heavy atom. The van der Waals surface area contributed by atoms with E-state index in [-0.39, 0.29) is 6.10 Å². The number of aliphatic imine (C=N–C) groups is 1. The van der Waals surface area contributed by atoms with Crippen LogP contribution in [-0.2, 0) is 14.2 Å². The number of likely N-dealkylation sites (N-methyl/N-ethyl adjacent to an activating group) is 1. The van der Waals surface area contributed by atoms with E-state index in [9.17, 15) is 0 Å². The first-order valence-electron chi connectivity index (χ1n) is 9.18. The largest absolute Gasteiger partial charge is 0.381 e. The van der Waals surface area contributed by atoms with E-state index in [1.807, 2.05) is 0 Å². The van der Waals surface area contributed by atoms with Gasteiger partial charge in [0, 0.05) is 59.7 Å². The van der Waals surface area contributed by atoms with Gasteiger partial charge in [0.05, 0.1) is 12.7 Å². The van der Waals surface area contributed by atoms with E-state index in [1.165, 1.54) is 0 Å². The summed E-state index contributed by atoms with van der Waals surface area (Å²) in [5, 5.41) is 6.66. The van der Waals surface area contributed by atoms with Crippen molar-refractivity contribution in [2.45, 2.75) is 25.4 Å². The average molecular weight is 342 g/mol. The van der Waals surface area contributed by atoms with Gasteiger partial charge in [0.15, 0.2) is 5.96 Å². The average Bonchev–Trinajstić information content (AvgIpc) is 2.61. The maximum atomic E-state index is 5.77. The Hall–Kier alpha value is -0.890. The highest BCUT2D eigenvalue weighted by Crippen LogP contribution is 2.14. The molecule has 7 heteroatoms. The zero-order valence-corrected chi connectivity index (χ0v) is 15.3. The van der Waals surface area contributed by atoms with Crippen molar-refractivity contribution in [3.63, 3.8) is 0 Å². The van der Waals surface area contributed by atoms with Crippen LogP contribution in [0.1, 0.15) is 19.3 Å². The number of guanidine groups is 1. The fourth-order valence-corrected chi connectivity index (χ4v) is 2.97. The molecule has 0 bridgehead atoms. The summed E-state index contributed by atoms with van der Waals surface area (Å²) in [6, 6.07) is 0. The Balaban J connectivity index is 1.47. The van der Waals surface area contributed by atoms with Crippen LogP contribution in [0.25, 0.3) is 0 Å². The maximum Gasteiger partial charge on any atom is 0.191 e. The molecule has 140 valence electrons. The number of morpholine rings is 1. The molecular weight excluding hydrogens is 308 g/mol. The molecule has 0 saturated carbocycles. The maximum absolute atomic E-state index is 5.77. The summed E-state index contributed by atoms with van der Waals surface area (Å²) in [4.78, 5) is 6.55. The normalized spacial score (nSPS) is 24.1. The Bertz CT molecular complexity index is 362. The topological polar surface area (TPSA) is 67.4 Å². The van der Waals surface area contributed by atoms with Crippen LogP contribution in [0.3, 0.4) is 0 Å². The summed E-state index contributed by atoms with van der Waals surface area (Å²) < 4.78 is 16.9. The van der Waals surface area contributed by atoms with E-state index in [2.05, 4.69) is 27.6 Å². The van der Waals surface area contributed by atoms with Crippen LogP contribution < -0.4 is 10.6 Å². The van der Waals surface area contributed by atoms with Crippen LogP contribution >= 0.6 is 0 Å². The SMILES string of the molecule is CN=C(NCCCOCC1CCOCC1)NCC1CN(C)CCO1. The van der Waals surface area contributed by atoms with Crippen molar-refractivity contribution in [1.29, 1.82) is 0 Å². The molecule has 2 heterocycles. The van der Waals surface area contributed by atoms with Crippen molar-refractivity contribution in [2.24, 2.45) is 10.9 Å². The van der Waals surface area contributed by atoms with Crippen molar-refractivity contribution in [1.82, 2.24) is 15.5 Å². The number of nitrogens with one attached hydrogen (secondary N) is 2. The van der Waals surface area contributed by atoms with Gasteiger partial charge in [-0.15, -0.1) is 0 Å². The minimum Gasteiger partial charge on any atom is -0.381 e. The third-order valence-corrected chi connectivity index (χ3v) is 4.51. The van der Waals surface area contributed by atoms with Gasteiger partial charge in [-0.25, -0.2) is 0 Å². The summed E-state index contributed by atoms with van der Waals surface area (Å²) in [7, 11) is 3.92. The van der Waals surface area contributed by atoms with Crippen LogP contribution in [0.15, 0.2) is 4.99 Å². The van der Waals surface area contributed by atoms with E-state index >= 15 is 0 Å². The first kappa shape index (κ1) is 19.4. The molecule has 24 heavy (non-hydrogen) atoms. The number of hydrogen-bond donors (Lipinski definition) is 2. The number of nitrogens with zero attached hydrogens (tertiary/aromatic N) is 2. The van der Waals surface area contributed by atoms with Gasteiger partial charge in [0.1, 0.15) is 0 Å². The molecular formula is C17H34N4O3. The van der Waals surface area contributed by atoms with Gasteiger partial charge in [0.2, 0.25) is 0 Å². The van der Waals surface area contributed by atoms with Crippen LogP contribution in [0, 0.1) is 5.92 Å². The molecule has 0 aliphatic carbocycles. The lowest BCUT2D eigenvalue weighted by Gasteiger charge is -2.30. The van der Waals surface area contributed by atoms with Crippen LogP contribution in [0.2, 0.25) is 0 Å². The Kier molecular flexibility index (Phi) is 9.42. The van der Waals surface area contributed by atoms with Crippen molar-refractivity contribution in [3.05, 3.63) is 0 Å². The first-order valence-corrected chi connectivity index (χ1v) is 9.18. The van der Waals surface area contributed by atoms with Crippen molar-refractivity contribution in [2.75, 3.05) is 73.3 Å². The van der Waals surface area contributed by atoms with Gasteiger partial charge in [-0.05, 0) is 32.2 Å². The molecule has 2 aliphatic rings. The number of ether oxygens (including phenoxy) is 3. The molecule has 1 unspecified atom stereocenters. The number of rotatable bonds is 8. The van der Waals surface area contributed by atoms with E-state index in [4.69, 9.17) is 14.2 Å². The van der Waals surface area contributed by atoms with E-state index in [0.717, 1.165) is 84.4 Å². The summed E-state index contributed by atoms with van der Waals surface area (Å²) in [6.07, 6.45) is 3.47. The summed E-state index contributed by atoms with van der Waals surface area (Å²) in [6.45, 7) is 7.85. The van der Waals surface area contributed by atoms with Gasteiger partial charge >= 0.3 is 0 Å². The lowest BCUT2D eigenvalue weighted by molar-refractivity contribution is -0.0161. The third kappa shape index (κ3) is 7.79. The summed E-state index contributed by atoms with van der Waals surface area (Å²) in [5.41, 5.74) is 0. The third-order valence-electron chi connectivity index (χ3n) is 4.51. The molecule has 7 nitrogen and oxygen atoms in total. The molecule has 2 rings (SSSR count). The molecule has 0 spiro atoms. The second kappa shape index (κ2) is 11.6. The first-order chi connectivity index (χ1) is 11.8. The highest BCUT2D eigenvalue weighted by molar-refractivity contribution is 5.79. The summed E-state index contributed by atoms with van der Waals surface area (Å²) >= 11 is 0. The molecule has 2 N–H and O–H groups in total. The van der Waals surface area contributed by atoms with E-state index < -0.39 is 0 Å². The van der Waals surface area contributed by atoms with Gasteiger partial charge in [-0.3, -0.25) is 4.99 Å². The van der Waals surface area contributed by atoms with Gasteiger partial charge in [-0.2, -0.15) is 0 Å². The predicted molar refractivity (Wildman–Crippen MR) is 95.6 cm³/mol. The van der Waals surface area contributed by atoms with Crippen molar-refractivity contribution in [3.8, 4) is 0 Å². The molecule has 0 aromatic heterocycles. The lowest BCUT2D eigenvalue weighted by atomic mass is 10.0. The highest BCUT2D eigenvalue weighted by atomic mass is 16.5. The predicted octanol–water partition coefficient (Wildman–Crippen LogP) is 0.315. The Morgan fingerprint density at radius 1 is 1.25 bits per heavy atom. The van der Waals surface area contributed by atoms with Crippen molar-refractivity contribution >= 4 is 5.96 Å². The molecule has 2 saturated heterocycles. The molecule has 2 aliphatic heterocycles. The zero-order chi connectivity index (χ0) is 17.0. The van der Waals surface area contributed by atoms with Gasteiger partial charge in [-0.1, -0.05) is 0 Å². The molecule has 0 radical (unpaired) electrons. The molecule has 0 aromatic carbocycles. The van der Waals surface area contributed by atoms with Gasteiger partial charge < -0.3 is 29.7 Å². The van der Waals surface area contributed by atoms with Crippen molar-refractivity contribution < 1.29 is 14.2 Å². The number of hydrogen-bond acceptors (Lipinski definition) is 5. The second-order valence-corrected chi connectivity index (χ2v) is 6.62. The van der Waals surface area contributed by atoms with Gasteiger partial charge in [0.25, 0.3) is 0 Å². The quantitative estimate of drug-likeness (QED) is 0.376. The van der Waals surface area contributed by atoms with E-state index in [1.54, 1.807) is 7.05 Å². The molecule has 1 atom stereocenters. The minimum atomic E-state index is 0.227. The Labute approximate surface area is 146 Å². The van der Waals surface area contributed by atoms with Crippen LogP contribution in [0.5, 0.6) is 0 Å². The standard InChI is InChI=1S/C17H34N4O3/c1-18-17(20-12-16-13-21(2)7-11-24-16)19-6-3-8-23-14-15-4-9-22-10-5-15/h15-16H,3-14H2,1-2H3,(H2,18,19,20). The highest BCUT2D eigenvalue weighted by Gasteiger charge is 2.17. The fourth-order valence-electron chi connectivity index (χ4n) is 2.97. The smallest absolute Gasteiger partial charge is 0.191 e. The van der Waals surface area contributed by atoms with Crippen LogP contribution in [0.4, 0.5) is 0 Å². The molecule has 0 aromatic rings. The zero-order valence-electron chi connectivity index (χ0n) is 15.3. The summed E-state index contributed by atoms with van der Waals surface area (Å²) in [5.74, 6) is 1.51.